The molecule has 7 nitrogen and oxygen atoms in total. The third-order valence-electron chi connectivity index (χ3n) is 3.53. The van der Waals surface area contributed by atoms with E-state index in [0.717, 1.165) is 6.92 Å². The van der Waals surface area contributed by atoms with Crippen LogP contribution in [0.4, 0.5) is 0 Å². The Morgan fingerprint density at radius 1 is 0.923 bits per heavy atom. The second-order valence-electron chi connectivity index (χ2n) is 5.44. The van der Waals surface area contributed by atoms with Gasteiger partial charge < -0.3 is 15.2 Å². The number of carbonyl (C=O) groups is 4. The summed E-state index contributed by atoms with van der Waals surface area (Å²) in [6.45, 7) is 1.06. The Morgan fingerprint density at radius 3 is 2.00 bits per heavy atom. The average Bonchev–Trinajstić information content (AvgIpc) is 2.66. The number of amides is 1. The first-order valence-corrected chi connectivity index (χ1v) is 7.75. The van der Waals surface area contributed by atoms with Gasteiger partial charge in [0, 0.05) is 6.92 Å². The lowest BCUT2D eigenvalue weighted by Crippen LogP contribution is -2.43. The predicted octanol–water partition coefficient (Wildman–Crippen LogP) is 1.18. The normalized spacial score (nSPS) is 12.5. The largest absolute Gasteiger partial charge is 0.387 e. The Morgan fingerprint density at radius 2 is 1.46 bits per heavy atom. The number of nitrogens with one attached hydrogen (secondary N) is 1. The van der Waals surface area contributed by atoms with Crippen LogP contribution in [0.15, 0.2) is 60.7 Å². The first kappa shape index (κ1) is 19.0. The SMILES string of the molecule is CC(=O)C(=O)NC(c1ccccc1)C(O)C(=O)OC(=O)c1ccccc1. The zero-order chi connectivity index (χ0) is 19.1. The van der Waals surface area contributed by atoms with Gasteiger partial charge in [-0.3, -0.25) is 9.59 Å². The Balaban J connectivity index is 2.18. The van der Waals surface area contributed by atoms with Gasteiger partial charge in [-0.1, -0.05) is 48.5 Å². The van der Waals surface area contributed by atoms with Gasteiger partial charge in [0.15, 0.2) is 6.10 Å². The number of ketones is 1. The molecule has 0 fully saturated rings. The topological polar surface area (TPSA) is 110 Å². The van der Waals surface area contributed by atoms with E-state index in [-0.39, 0.29) is 5.56 Å². The molecule has 2 unspecified atom stereocenters. The molecule has 0 saturated heterocycles. The number of ether oxygens (including phenoxy) is 1. The molecule has 0 heterocycles. The summed E-state index contributed by atoms with van der Waals surface area (Å²) in [6.07, 6.45) is -1.88. The van der Waals surface area contributed by atoms with Crippen LogP contribution in [-0.2, 0) is 19.1 Å². The smallest absolute Gasteiger partial charge is 0.345 e. The van der Waals surface area contributed by atoms with E-state index in [2.05, 4.69) is 10.1 Å². The summed E-state index contributed by atoms with van der Waals surface area (Å²) in [7, 11) is 0. The second-order valence-corrected chi connectivity index (χ2v) is 5.44. The highest BCUT2D eigenvalue weighted by Crippen LogP contribution is 2.18. The van der Waals surface area contributed by atoms with E-state index in [0.29, 0.717) is 5.56 Å². The van der Waals surface area contributed by atoms with Crippen molar-refractivity contribution in [2.75, 3.05) is 0 Å². The van der Waals surface area contributed by atoms with Crippen molar-refractivity contribution >= 4 is 23.6 Å². The minimum Gasteiger partial charge on any atom is -0.387 e. The molecule has 0 aliphatic rings. The molecule has 0 aliphatic heterocycles. The molecule has 2 aromatic rings. The van der Waals surface area contributed by atoms with Crippen LogP contribution >= 0.6 is 0 Å². The van der Waals surface area contributed by atoms with Crippen molar-refractivity contribution in [1.82, 2.24) is 5.32 Å². The number of esters is 2. The standard InChI is InChI=1S/C19H17NO6/c1-12(21)17(23)20-15(13-8-4-2-5-9-13)16(22)19(25)26-18(24)14-10-6-3-7-11-14/h2-11,15-16,22H,1H3,(H,20,23). The lowest BCUT2D eigenvalue weighted by molar-refractivity contribution is -0.150. The van der Waals surface area contributed by atoms with Gasteiger partial charge in [-0.05, 0) is 17.7 Å². The number of carbonyl (C=O) groups excluding carboxylic acids is 4. The van der Waals surface area contributed by atoms with E-state index in [1.165, 1.54) is 12.1 Å². The lowest BCUT2D eigenvalue weighted by Gasteiger charge is -2.22. The summed E-state index contributed by atoms with van der Waals surface area (Å²) >= 11 is 0. The van der Waals surface area contributed by atoms with Gasteiger partial charge in [-0.2, -0.15) is 0 Å². The fourth-order valence-electron chi connectivity index (χ4n) is 2.17. The maximum absolute atomic E-state index is 12.2. The van der Waals surface area contributed by atoms with Crippen molar-refractivity contribution in [3.8, 4) is 0 Å². The van der Waals surface area contributed by atoms with E-state index >= 15 is 0 Å². The molecule has 0 aliphatic carbocycles. The van der Waals surface area contributed by atoms with Gasteiger partial charge >= 0.3 is 11.9 Å². The van der Waals surface area contributed by atoms with E-state index in [1.807, 2.05) is 0 Å². The van der Waals surface area contributed by atoms with Gasteiger partial charge in [-0.25, -0.2) is 9.59 Å². The fraction of sp³-hybridized carbons (Fsp3) is 0.158. The summed E-state index contributed by atoms with van der Waals surface area (Å²) in [6, 6.07) is 14.6. The molecular formula is C19H17NO6. The van der Waals surface area contributed by atoms with Crippen LogP contribution in [0.3, 0.4) is 0 Å². The van der Waals surface area contributed by atoms with Gasteiger partial charge in [0.25, 0.3) is 5.91 Å². The minimum atomic E-state index is -1.88. The molecule has 2 rings (SSSR count). The zero-order valence-corrected chi connectivity index (χ0v) is 13.9. The van der Waals surface area contributed by atoms with E-state index < -0.39 is 35.8 Å². The summed E-state index contributed by atoms with van der Waals surface area (Å²) < 4.78 is 4.68. The third-order valence-corrected chi connectivity index (χ3v) is 3.53. The number of rotatable bonds is 6. The van der Waals surface area contributed by atoms with Crippen LogP contribution in [0, 0.1) is 0 Å². The zero-order valence-electron chi connectivity index (χ0n) is 13.9. The summed E-state index contributed by atoms with van der Waals surface area (Å²) in [5, 5.41) is 12.6. The molecule has 2 atom stereocenters. The molecule has 0 saturated carbocycles. The quantitative estimate of drug-likeness (QED) is 0.457. The number of Topliss-reactive ketones (excluding diaryl/α,β-unsaturated/α-hetero) is 1. The Hall–Kier alpha value is -3.32. The highest BCUT2D eigenvalue weighted by Gasteiger charge is 2.32. The molecule has 0 aromatic heterocycles. The van der Waals surface area contributed by atoms with E-state index in [4.69, 9.17) is 0 Å². The molecule has 0 spiro atoms. The van der Waals surface area contributed by atoms with Crippen LogP contribution in [0.5, 0.6) is 0 Å². The molecule has 26 heavy (non-hydrogen) atoms. The second kappa shape index (κ2) is 8.68. The van der Waals surface area contributed by atoms with Crippen LogP contribution in [-0.4, -0.2) is 34.8 Å². The lowest BCUT2D eigenvalue weighted by atomic mass is 10.0. The molecule has 2 aromatic carbocycles. The van der Waals surface area contributed by atoms with E-state index in [1.54, 1.807) is 48.5 Å². The Labute approximate surface area is 149 Å². The molecule has 7 heteroatoms. The van der Waals surface area contributed by atoms with Crippen molar-refractivity contribution in [1.29, 1.82) is 0 Å². The van der Waals surface area contributed by atoms with E-state index in [9.17, 15) is 24.3 Å². The predicted molar refractivity (Wildman–Crippen MR) is 90.9 cm³/mol. The monoisotopic (exact) mass is 355 g/mol. The van der Waals surface area contributed by atoms with Crippen molar-refractivity contribution < 1.29 is 29.0 Å². The van der Waals surface area contributed by atoms with Crippen molar-refractivity contribution in [3.05, 3.63) is 71.8 Å². The molecular weight excluding hydrogens is 338 g/mol. The average molecular weight is 355 g/mol. The van der Waals surface area contributed by atoms with Gasteiger partial charge in [-0.15, -0.1) is 0 Å². The molecule has 2 N–H and O–H groups in total. The van der Waals surface area contributed by atoms with Crippen LogP contribution in [0.25, 0.3) is 0 Å². The first-order chi connectivity index (χ1) is 12.4. The van der Waals surface area contributed by atoms with Gasteiger partial charge in [0.1, 0.15) is 0 Å². The number of hydrogen-bond acceptors (Lipinski definition) is 6. The number of aliphatic hydroxyl groups is 1. The van der Waals surface area contributed by atoms with Gasteiger partial charge in [0.2, 0.25) is 5.78 Å². The number of benzene rings is 2. The van der Waals surface area contributed by atoms with Crippen molar-refractivity contribution in [2.45, 2.75) is 19.1 Å². The maximum atomic E-state index is 12.2. The molecule has 0 radical (unpaired) electrons. The van der Waals surface area contributed by atoms with Crippen molar-refractivity contribution in [2.24, 2.45) is 0 Å². The maximum Gasteiger partial charge on any atom is 0.345 e. The molecule has 1 amide bonds. The highest BCUT2D eigenvalue weighted by atomic mass is 16.6. The van der Waals surface area contributed by atoms with Crippen LogP contribution in [0.2, 0.25) is 0 Å². The highest BCUT2D eigenvalue weighted by molar-refractivity contribution is 6.35. The summed E-state index contributed by atoms with van der Waals surface area (Å²) in [5.41, 5.74) is 0.510. The first-order valence-electron chi connectivity index (χ1n) is 7.75. The number of aliphatic hydroxyl groups excluding tert-OH is 1. The van der Waals surface area contributed by atoms with Crippen LogP contribution < -0.4 is 5.32 Å². The van der Waals surface area contributed by atoms with Gasteiger partial charge in [0.05, 0.1) is 11.6 Å². The third kappa shape index (κ3) is 4.84. The summed E-state index contributed by atoms with van der Waals surface area (Å²) in [5.74, 6) is -3.93. The Kier molecular flexibility index (Phi) is 6.35. The number of hydrogen-bond donors (Lipinski definition) is 2. The van der Waals surface area contributed by atoms with Crippen molar-refractivity contribution in [3.63, 3.8) is 0 Å². The molecule has 0 bridgehead atoms. The minimum absolute atomic E-state index is 0.136. The van der Waals surface area contributed by atoms with Crippen LogP contribution in [0.1, 0.15) is 28.9 Å². The molecule has 134 valence electrons. The Bertz CT molecular complexity index is 803. The fourth-order valence-corrected chi connectivity index (χ4v) is 2.17. The summed E-state index contributed by atoms with van der Waals surface area (Å²) in [4.78, 5) is 47.0.